The van der Waals surface area contributed by atoms with E-state index < -0.39 is 11.1 Å². The van der Waals surface area contributed by atoms with E-state index >= 15 is 0 Å². The second-order valence-electron chi connectivity index (χ2n) is 8.51. The number of benzene rings is 2. The normalized spacial score (nSPS) is 16.0. The summed E-state index contributed by atoms with van der Waals surface area (Å²) in [7, 11) is 0. The number of aromatic nitrogens is 4. The van der Waals surface area contributed by atoms with E-state index in [-0.39, 0.29) is 10.7 Å². The maximum Gasteiger partial charge on any atom is 0.306 e. The first kappa shape index (κ1) is 26.0. The zero-order valence-corrected chi connectivity index (χ0v) is 21.6. The zero-order chi connectivity index (χ0) is 26.5. The fraction of sp³-hybridized carbons (Fsp3) is 0.192. The number of fused-ring (bicyclic) bond motifs is 1. The largest absolute Gasteiger partial charge is 0.768 e. The summed E-state index contributed by atoms with van der Waals surface area (Å²) < 4.78 is 41.2. The Labute approximate surface area is 225 Å². The van der Waals surface area contributed by atoms with E-state index in [0.29, 0.717) is 28.6 Å². The van der Waals surface area contributed by atoms with E-state index in [4.69, 9.17) is 21.0 Å². The second-order valence-corrected chi connectivity index (χ2v) is 9.89. The molecule has 38 heavy (non-hydrogen) atoms. The van der Waals surface area contributed by atoms with Crippen LogP contribution < -0.4 is 10.6 Å². The maximum absolute atomic E-state index is 13.4. The Morgan fingerprint density at radius 1 is 1.13 bits per heavy atom. The lowest BCUT2D eigenvalue weighted by Gasteiger charge is -2.23. The Morgan fingerprint density at radius 3 is 2.63 bits per heavy atom. The van der Waals surface area contributed by atoms with Crippen molar-refractivity contribution in [2.75, 3.05) is 18.4 Å². The molecule has 2 atom stereocenters. The summed E-state index contributed by atoms with van der Waals surface area (Å²) in [5.41, 5.74) is 2.97. The highest BCUT2D eigenvalue weighted by Gasteiger charge is 2.20. The number of rotatable bonds is 5. The van der Waals surface area contributed by atoms with Gasteiger partial charge in [0.15, 0.2) is 0 Å². The highest BCUT2D eigenvalue weighted by molar-refractivity contribution is 7.79. The van der Waals surface area contributed by atoms with Crippen LogP contribution in [0.2, 0.25) is 5.02 Å². The van der Waals surface area contributed by atoms with Crippen molar-refractivity contribution in [2.24, 2.45) is 0 Å². The fourth-order valence-corrected chi connectivity index (χ4v) is 4.59. The molecule has 4 heterocycles. The van der Waals surface area contributed by atoms with Crippen LogP contribution in [0.4, 0.5) is 10.3 Å². The van der Waals surface area contributed by atoms with Gasteiger partial charge in [-0.25, -0.2) is 14.4 Å². The SMILES string of the molecule is Fc1ccc(-c2nc3occn3c2-c2ccnc(N[C@@H]3CCCNC3)n2)cc1.O=S([O-])c1ccc(Cl)cc1. The van der Waals surface area contributed by atoms with Gasteiger partial charge in [-0.15, -0.1) is 0 Å². The van der Waals surface area contributed by atoms with Crippen LogP contribution in [-0.2, 0) is 11.1 Å². The van der Waals surface area contributed by atoms with Crippen LogP contribution in [-0.4, -0.2) is 47.2 Å². The number of nitrogens with zero attached hydrogens (tertiary/aromatic N) is 4. The fourth-order valence-electron chi connectivity index (χ4n) is 4.10. The molecule has 12 heteroatoms. The lowest BCUT2D eigenvalue weighted by atomic mass is 10.1. The minimum atomic E-state index is -2.15. The predicted octanol–water partition coefficient (Wildman–Crippen LogP) is 4.93. The number of hydrogen-bond donors (Lipinski definition) is 2. The van der Waals surface area contributed by atoms with E-state index in [0.717, 1.165) is 42.9 Å². The van der Waals surface area contributed by atoms with Crippen LogP contribution in [0.1, 0.15) is 12.8 Å². The monoisotopic (exact) mass is 553 g/mol. The van der Waals surface area contributed by atoms with E-state index in [2.05, 4.69) is 20.6 Å². The Kier molecular flexibility index (Phi) is 8.08. The maximum atomic E-state index is 13.4. The van der Waals surface area contributed by atoms with E-state index in [9.17, 15) is 13.2 Å². The molecule has 2 N–H and O–H groups in total. The molecule has 1 fully saturated rings. The summed E-state index contributed by atoms with van der Waals surface area (Å²) in [6.45, 7) is 1.95. The van der Waals surface area contributed by atoms with Gasteiger partial charge in [-0.2, -0.15) is 4.98 Å². The van der Waals surface area contributed by atoms with Crippen molar-refractivity contribution >= 4 is 34.5 Å². The van der Waals surface area contributed by atoms with Crippen molar-refractivity contribution in [1.82, 2.24) is 24.7 Å². The summed E-state index contributed by atoms with van der Waals surface area (Å²) in [5, 5.41) is 7.32. The molecular formula is C26H23ClFN6O3S-. The van der Waals surface area contributed by atoms with Crippen molar-refractivity contribution in [1.29, 1.82) is 0 Å². The van der Waals surface area contributed by atoms with E-state index in [1.54, 1.807) is 30.8 Å². The Balaban J connectivity index is 0.000000249. The summed E-state index contributed by atoms with van der Waals surface area (Å²) in [6, 6.07) is 14.4. The molecule has 6 rings (SSSR count). The van der Waals surface area contributed by atoms with Crippen molar-refractivity contribution in [2.45, 2.75) is 23.8 Å². The molecule has 5 aromatic rings. The smallest absolute Gasteiger partial charge is 0.306 e. The standard InChI is InChI=1S/C20H19FN6O.C6H5ClO2S/c21-14-5-3-13(4-6-14)17-18(27-10-11-28-20(27)26-17)16-7-9-23-19(25-16)24-15-2-1-8-22-12-15;7-5-1-3-6(4-2-5)10(8)9/h3-7,9-11,15,22H,1-2,8,12H2,(H,23,24,25);1-4H,(H,8,9)/p-1/t15-;/m1./s1. The van der Waals surface area contributed by atoms with Gasteiger partial charge in [0.1, 0.15) is 23.5 Å². The Hall–Kier alpha value is -3.64. The summed E-state index contributed by atoms with van der Waals surface area (Å²) in [6.07, 6.45) is 7.32. The number of oxazole rings is 1. The van der Waals surface area contributed by atoms with Crippen LogP contribution in [0.3, 0.4) is 0 Å². The Morgan fingerprint density at radius 2 is 1.92 bits per heavy atom. The molecule has 3 aromatic heterocycles. The van der Waals surface area contributed by atoms with Gasteiger partial charge in [-0.1, -0.05) is 11.6 Å². The van der Waals surface area contributed by atoms with Gasteiger partial charge in [-0.05, 0) is 85.1 Å². The van der Waals surface area contributed by atoms with Gasteiger partial charge in [0.2, 0.25) is 5.95 Å². The highest BCUT2D eigenvalue weighted by atomic mass is 35.5. The molecule has 1 aliphatic heterocycles. The molecule has 196 valence electrons. The number of hydrogen-bond acceptors (Lipinski definition) is 8. The molecule has 9 nitrogen and oxygen atoms in total. The second kappa shape index (κ2) is 11.8. The quantitative estimate of drug-likeness (QED) is 0.294. The van der Waals surface area contributed by atoms with Crippen molar-refractivity contribution in [3.8, 4) is 22.6 Å². The first-order chi connectivity index (χ1) is 18.5. The van der Waals surface area contributed by atoms with Crippen molar-refractivity contribution < 1.29 is 17.6 Å². The first-order valence-electron chi connectivity index (χ1n) is 11.8. The summed E-state index contributed by atoms with van der Waals surface area (Å²) >= 11 is 3.37. The average molecular weight is 554 g/mol. The topological polar surface area (TPSA) is 120 Å². The first-order valence-corrected chi connectivity index (χ1v) is 13.3. The third-order valence-electron chi connectivity index (χ3n) is 5.91. The zero-order valence-electron chi connectivity index (χ0n) is 20.0. The van der Waals surface area contributed by atoms with Crippen LogP contribution in [0.25, 0.3) is 28.5 Å². The number of nitrogens with one attached hydrogen (secondary N) is 2. The van der Waals surface area contributed by atoms with Gasteiger partial charge in [-0.3, -0.25) is 8.61 Å². The van der Waals surface area contributed by atoms with Crippen LogP contribution in [0.15, 0.2) is 82.6 Å². The van der Waals surface area contributed by atoms with Gasteiger partial charge < -0.3 is 19.6 Å². The summed E-state index contributed by atoms with van der Waals surface area (Å²) in [5.74, 6) is 0.747. The molecule has 2 aromatic carbocycles. The number of piperidine rings is 1. The summed E-state index contributed by atoms with van der Waals surface area (Å²) in [4.78, 5) is 13.9. The molecule has 1 unspecified atom stereocenters. The molecule has 0 radical (unpaired) electrons. The molecule has 0 saturated carbocycles. The lowest BCUT2D eigenvalue weighted by molar-refractivity contribution is 0.478. The number of halogens is 2. The number of anilines is 1. The third-order valence-corrected chi connectivity index (χ3v) is 6.82. The molecular weight excluding hydrogens is 531 g/mol. The minimum absolute atomic E-state index is 0.254. The van der Waals surface area contributed by atoms with E-state index in [1.165, 1.54) is 36.4 Å². The predicted molar refractivity (Wildman–Crippen MR) is 142 cm³/mol. The lowest BCUT2D eigenvalue weighted by Crippen LogP contribution is -2.38. The van der Waals surface area contributed by atoms with Crippen molar-refractivity contribution in [3.05, 3.63) is 84.1 Å². The molecule has 1 aliphatic rings. The number of imidazole rings is 1. The Bertz CT molecular complexity index is 1540. The van der Waals surface area contributed by atoms with Crippen LogP contribution in [0, 0.1) is 5.82 Å². The van der Waals surface area contributed by atoms with Gasteiger partial charge >= 0.3 is 5.84 Å². The third kappa shape index (κ3) is 6.08. The van der Waals surface area contributed by atoms with Crippen LogP contribution in [0.5, 0.6) is 0 Å². The average Bonchev–Trinajstić information content (AvgIpc) is 3.52. The molecule has 0 amide bonds. The molecule has 0 spiro atoms. The molecule has 0 aliphatic carbocycles. The van der Waals surface area contributed by atoms with Crippen LogP contribution >= 0.6 is 11.6 Å². The minimum Gasteiger partial charge on any atom is -0.768 e. The highest BCUT2D eigenvalue weighted by Crippen LogP contribution is 2.32. The van der Waals surface area contributed by atoms with Gasteiger partial charge in [0, 0.05) is 40.5 Å². The molecule has 1 saturated heterocycles. The van der Waals surface area contributed by atoms with Gasteiger partial charge in [0.05, 0.1) is 5.69 Å². The van der Waals surface area contributed by atoms with Crippen molar-refractivity contribution in [3.63, 3.8) is 0 Å². The molecule has 0 bridgehead atoms. The van der Waals surface area contributed by atoms with E-state index in [1.807, 2.05) is 10.5 Å². The van der Waals surface area contributed by atoms with Gasteiger partial charge in [0.25, 0.3) is 0 Å².